The van der Waals surface area contributed by atoms with Crippen molar-refractivity contribution in [3.8, 4) is 0 Å². The number of benzene rings is 1. The Morgan fingerprint density at radius 2 is 0.933 bits per heavy atom. The molecule has 0 aliphatic rings. The van der Waals surface area contributed by atoms with Gasteiger partial charge in [-0.2, -0.15) is 0 Å². The third kappa shape index (κ3) is 30.9. The Bertz CT molecular complexity index is 2610. The standard InChI is InChI=1S/C57H93N15O18/c1-8-31(5)47(72-45(78)27-63-52(85)40(28-73)70-56(89)41(29-74)71-53(86)35(17-13-14-22-58)65-48(81)32(6)23-30(3)4)57(90)67-37(19-21-46(79)80)54(87)69-39(25-43(60)76)51(84)62-26-44(77)64-33(7)49(82)68-38(24-34-15-11-10-12-16-34)55(88)66-36(18-20-42(59)75)50(83)61-9-2/h10-12,15-16,30-33,35-41,47,73-74H,8-9,13-14,17-29,58H2,1-7H3,(H2,59,75)(H2,60,76)(H,61,83)(H,62,84)(H,63,85)(H,64,77)(H,65,81)(H,66,88)(H,67,90)(H,68,82)(H,69,87)(H,70,89)(H,71,86)(H,72,78)(H,79,80)/t31-,32?,33-,35-,36-,37?,38?,39-,40-,41?,47-/m0/s1. The first-order chi connectivity index (χ1) is 42.4. The molecule has 0 fully saturated rings. The molecule has 1 rings (SSSR count). The minimum absolute atomic E-state index is 0.0851. The highest BCUT2D eigenvalue weighted by atomic mass is 16.4. The molecule has 11 atom stereocenters. The SMILES string of the molecule is CCNC(=O)[C@H](CCC(N)=O)NC(=O)C(Cc1ccccc1)NC(=O)[C@H](C)NC(=O)CNC(=O)[C@H](CC(N)=O)NC(=O)C(CCC(=O)O)NC(=O)[C@@H](NC(=O)CNC(=O)[C@H](CO)NC(=O)C(CO)NC(=O)[C@H](CCCCN)NC(=O)C(C)CC(C)C)[C@@H](C)CC. The third-order valence-electron chi connectivity index (χ3n) is 13.8. The number of likely N-dealkylation sites (N-methyl/N-ethyl adjacent to an activating group) is 1. The van der Waals surface area contributed by atoms with Crippen molar-refractivity contribution in [2.75, 3.05) is 39.4 Å². The minimum atomic E-state index is -1.85. The summed E-state index contributed by atoms with van der Waals surface area (Å²) in [6.07, 6.45) is -0.901. The number of aliphatic hydroxyl groups is 2. The van der Waals surface area contributed by atoms with E-state index in [1.165, 1.54) is 13.8 Å². The fourth-order valence-electron chi connectivity index (χ4n) is 8.65. The number of aliphatic hydroxyl groups excluding tert-OH is 2. The van der Waals surface area contributed by atoms with Crippen LogP contribution in [0, 0.1) is 17.8 Å². The van der Waals surface area contributed by atoms with Crippen LogP contribution < -0.4 is 81.0 Å². The van der Waals surface area contributed by atoms with Crippen molar-refractivity contribution < 1.29 is 87.2 Å². The van der Waals surface area contributed by atoms with Gasteiger partial charge in [-0.05, 0) is 76.3 Å². The number of hydrogen-bond acceptors (Lipinski definition) is 18. The zero-order valence-electron chi connectivity index (χ0n) is 52.0. The minimum Gasteiger partial charge on any atom is -0.481 e. The molecule has 21 N–H and O–H groups in total. The molecule has 1 aromatic rings. The number of carbonyl (C=O) groups is 15. The molecule has 0 aliphatic heterocycles. The summed E-state index contributed by atoms with van der Waals surface area (Å²) in [6, 6.07) is -5.15. The Morgan fingerprint density at radius 3 is 1.46 bits per heavy atom. The summed E-state index contributed by atoms with van der Waals surface area (Å²) >= 11 is 0. The fraction of sp³-hybridized carbons (Fsp3) is 0.632. The van der Waals surface area contributed by atoms with E-state index >= 15 is 0 Å². The maximum absolute atomic E-state index is 13.9. The van der Waals surface area contributed by atoms with Crippen LogP contribution in [0.4, 0.5) is 0 Å². The van der Waals surface area contributed by atoms with Gasteiger partial charge in [0.2, 0.25) is 82.7 Å². The lowest BCUT2D eigenvalue weighted by atomic mass is 9.97. The van der Waals surface area contributed by atoms with Gasteiger partial charge in [-0.1, -0.05) is 71.4 Å². The summed E-state index contributed by atoms with van der Waals surface area (Å²) in [5, 5.41) is 58.1. The van der Waals surface area contributed by atoms with Crippen LogP contribution in [0.2, 0.25) is 0 Å². The molecule has 0 aliphatic carbocycles. The van der Waals surface area contributed by atoms with E-state index < -0.39 is 200 Å². The van der Waals surface area contributed by atoms with Gasteiger partial charge in [0.05, 0.1) is 32.7 Å². The van der Waals surface area contributed by atoms with E-state index in [1.54, 1.807) is 51.1 Å². The van der Waals surface area contributed by atoms with Crippen LogP contribution in [-0.2, 0) is 78.3 Å². The summed E-state index contributed by atoms with van der Waals surface area (Å²) in [6.45, 7) is 8.33. The van der Waals surface area contributed by atoms with Gasteiger partial charge in [0.15, 0.2) is 0 Å². The Kier molecular flexibility index (Phi) is 37.1. The number of carboxylic acid groups (broad SMARTS) is 1. The smallest absolute Gasteiger partial charge is 0.303 e. The number of unbranched alkanes of at least 4 members (excludes halogenated alkanes) is 1. The van der Waals surface area contributed by atoms with Crippen molar-refractivity contribution in [3.63, 3.8) is 0 Å². The van der Waals surface area contributed by atoms with Gasteiger partial charge in [0.25, 0.3) is 0 Å². The molecule has 0 saturated heterocycles. The maximum atomic E-state index is 13.9. The van der Waals surface area contributed by atoms with Crippen LogP contribution in [0.15, 0.2) is 30.3 Å². The van der Waals surface area contributed by atoms with Gasteiger partial charge in [0, 0.05) is 31.7 Å². The van der Waals surface area contributed by atoms with Crippen LogP contribution >= 0.6 is 0 Å². The molecule has 0 radical (unpaired) electrons. The van der Waals surface area contributed by atoms with Crippen molar-refractivity contribution in [3.05, 3.63) is 35.9 Å². The van der Waals surface area contributed by atoms with Gasteiger partial charge in [-0.3, -0.25) is 71.9 Å². The highest BCUT2D eigenvalue weighted by Crippen LogP contribution is 2.14. The number of primary amides is 2. The van der Waals surface area contributed by atoms with E-state index in [0.717, 1.165) is 0 Å². The number of hydrogen-bond donors (Lipinski definition) is 18. The van der Waals surface area contributed by atoms with E-state index in [2.05, 4.69) is 63.8 Å². The molecule has 14 amide bonds. The highest BCUT2D eigenvalue weighted by Gasteiger charge is 2.35. The second-order valence-corrected chi connectivity index (χ2v) is 22.0. The molecule has 4 unspecified atom stereocenters. The Balaban J connectivity index is 3.16. The summed E-state index contributed by atoms with van der Waals surface area (Å²) in [7, 11) is 0. The van der Waals surface area contributed by atoms with Crippen LogP contribution in [0.3, 0.4) is 0 Å². The second-order valence-electron chi connectivity index (χ2n) is 22.0. The number of nitrogens with two attached hydrogens (primary N) is 3. The van der Waals surface area contributed by atoms with Gasteiger partial charge < -0.3 is 96.3 Å². The van der Waals surface area contributed by atoms with Crippen molar-refractivity contribution in [2.24, 2.45) is 35.0 Å². The molecular formula is C57H93N15O18. The summed E-state index contributed by atoms with van der Waals surface area (Å²) in [5.74, 6) is -15.5. The third-order valence-corrected chi connectivity index (χ3v) is 13.8. The first-order valence-corrected chi connectivity index (χ1v) is 29.7. The van der Waals surface area contributed by atoms with Gasteiger partial charge in [-0.25, -0.2) is 0 Å². The zero-order chi connectivity index (χ0) is 68.2. The quantitative estimate of drug-likeness (QED) is 0.0270. The predicted molar refractivity (Wildman–Crippen MR) is 322 cm³/mol. The Labute approximate surface area is 521 Å². The monoisotopic (exact) mass is 1280 g/mol. The predicted octanol–water partition coefficient (Wildman–Crippen LogP) is -6.17. The van der Waals surface area contributed by atoms with E-state index in [9.17, 15) is 87.2 Å². The van der Waals surface area contributed by atoms with Crippen LogP contribution in [0.25, 0.3) is 0 Å². The lowest BCUT2D eigenvalue weighted by Gasteiger charge is -2.27. The highest BCUT2D eigenvalue weighted by molar-refractivity contribution is 5.99. The number of rotatable bonds is 44. The van der Waals surface area contributed by atoms with Crippen molar-refractivity contribution >= 4 is 88.7 Å². The van der Waals surface area contributed by atoms with Crippen LogP contribution in [0.5, 0.6) is 0 Å². The number of carbonyl (C=O) groups excluding carboxylic acids is 14. The van der Waals surface area contributed by atoms with Crippen LogP contribution in [-0.4, -0.2) is 198 Å². The molecule has 0 saturated carbocycles. The lowest BCUT2D eigenvalue weighted by Crippen LogP contribution is -2.60. The molecule has 0 spiro atoms. The van der Waals surface area contributed by atoms with Crippen molar-refractivity contribution in [1.29, 1.82) is 0 Å². The van der Waals surface area contributed by atoms with Gasteiger partial charge in [-0.15, -0.1) is 0 Å². The van der Waals surface area contributed by atoms with Gasteiger partial charge in [0.1, 0.15) is 54.4 Å². The van der Waals surface area contributed by atoms with Crippen molar-refractivity contribution in [2.45, 2.75) is 173 Å². The van der Waals surface area contributed by atoms with E-state index in [0.29, 0.717) is 31.4 Å². The Hall–Kier alpha value is -8.85. The van der Waals surface area contributed by atoms with E-state index in [4.69, 9.17) is 17.2 Å². The topological polar surface area (TPSA) is 539 Å². The van der Waals surface area contributed by atoms with Crippen LogP contribution in [0.1, 0.15) is 118 Å². The molecule has 0 heterocycles. The molecule has 90 heavy (non-hydrogen) atoms. The number of carboxylic acids is 1. The lowest BCUT2D eigenvalue weighted by molar-refractivity contribution is -0.139. The average Bonchev–Trinajstić information content (AvgIpc) is 3.70. The average molecular weight is 1280 g/mol. The van der Waals surface area contributed by atoms with E-state index in [-0.39, 0.29) is 44.6 Å². The summed E-state index contributed by atoms with van der Waals surface area (Å²) in [5.41, 5.74) is 16.8. The number of amides is 14. The summed E-state index contributed by atoms with van der Waals surface area (Å²) in [4.78, 5) is 196. The first-order valence-electron chi connectivity index (χ1n) is 29.7. The summed E-state index contributed by atoms with van der Waals surface area (Å²) < 4.78 is 0. The number of nitrogens with one attached hydrogen (secondary N) is 12. The molecule has 33 nitrogen and oxygen atoms in total. The molecule has 0 aromatic heterocycles. The largest absolute Gasteiger partial charge is 0.481 e. The number of aliphatic carboxylic acids is 1. The molecular weight excluding hydrogens is 1180 g/mol. The molecule has 33 heteroatoms. The molecule has 1 aromatic carbocycles. The fourth-order valence-corrected chi connectivity index (χ4v) is 8.65. The maximum Gasteiger partial charge on any atom is 0.303 e. The first kappa shape index (κ1) is 79.2. The van der Waals surface area contributed by atoms with E-state index in [1.807, 2.05) is 13.8 Å². The molecule has 0 bridgehead atoms. The van der Waals surface area contributed by atoms with Crippen molar-refractivity contribution in [1.82, 2.24) is 63.8 Å². The molecule has 504 valence electrons. The normalized spacial score (nSPS) is 14.6. The van der Waals surface area contributed by atoms with Gasteiger partial charge >= 0.3 is 5.97 Å². The second kappa shape index (κ2) is 42.1. The Morgan fingerprint density at radius 1 is 0.478 bits per heavy atom. The zero-order valence-corrected chi connectivity index (χ0v) is 52.0.